The van der Waals surface area contributed by atoms with Crippen molar-refractivity contribution in [2.75, 3.05) is 5.32 Å². The van der Waals surface area contributed by atoms with E-state index in [1.165, 1.54) is 24.3 Å². The number of anilines is 1. The quantitative estimate of drug-likeness (QED) is 0.801. The lowest BCUT2D eigenvalue weighted by molar-refractivity contribution is 0.102. The van der Waals surface area contributed by atoms with E-state index in [4.69, 9.17) is 11.6 Å². The van der Waals surface area contributed by atoms with Crippen molar-refractivity contribution in [3.8, 4) is 0 Å². The maximum atomic E-state index is 13.2. The highest BCUT2D eigenvalue weighted by Gasteiger charge is 2.09. The molecule has 0 aliphatic heterocycles. The van der Waals surface area contributed by atoms with Crippen LogP contribution in [0.25, 0.3) is 0 Å². The third kappa shape index (κ3) is 3.24. The molecule has 19 heavy (non-hydrogen) atoms. The summed E-state index contributed by atoms with van der Waals surface area (Å²) < 4.78 is 26.2. The molecule has 0 fully saturated rings. The molecule has 0 saturated heterocycles. The van der Waals surface area contributed by atoms with E-state index in [9.17, 15) is 13.6 Å². The van der Waals surface area contributed by atoms with Gasteiger partial charge in [-0.25, -0.2) is 8.78 Å². The molecule has 0 heterocycles. The van der Waals surface area contributed by atoms with Crippen molar-refractivity contribution >= 4 is 35.8 Å². The molecule has 2 nitrogen and oxygen atoms in total. The van der Waals surface area contributed by atoms with Gasteiger partial charge in [0.2, 0.25) is 0 Å². The van der Waals surface area contributed by atoms with Crippen LogP contribution < -0.4 is 5.32 Å². The maximum Gasteiger partial charge on any atom is 0.255 e. The molecular formula is C13H8ClF2NOS. The lowest BCUT2D eigenvalue weighted by Gasteiger charge is -2.06. The van der Waals surface area contributed by atoms with Gasteiger partial charge in [-0.3, -0.25) is 4.79 Å². The maximum absolute atomic E-state index is 13.2. The van der Waals surface area contributed by atoms with Gasteiger partial charge >= 0.3 is 0 Å². The zero-order valence-electron chi connectivity index (χ0n) is 9.45. The highest BCUT2D eigenvalue weighted by Crippen LogP contribution is 2.20. The van der Waals surface area contributed by atoms with E-state index in [0.717, 1.165) is 12.1 Å². The molecule has 2 aromatic carbocycles. The van der Waals surface area contributed by atoms with Crippen molar-refractivity contribution in [1.29, 1.82) is 0 Å². The van der Waals surface area contributed by atoms with Gasteiger partial charge in [0.05, 0.1) is 5.02 Å². The first kappa shape index (κ1) is 13.8. The second kappa shape index (κ2) is 5.59. The molecule has 0 aliphatic carbocycles. The third-order valence-corrected chi connectivity index (χ3v) is 3.04. The minimum Gasteiger partial charge on any atom is -0.322 e. The van der Waals surface area contributed by atoms with Gasteiger partial charge in [-0.1, -0.05) is 11.6 Å². The van der Waals surface area contributed by atoms with Gasteiger partial charge in [0, 0.05) is 16.1 Å². The molecule has 1 amide bonds. The fourth-order valence-electron chi connectivity index (χ4n) is 1.43. The predicted octanol–water partition coefficient (Wildman–Crippen LogP) is 4.16. The Hall–Kier alpha value is -1.59. The van der Waals surface area contributed by atoms with Gasteiger partial charge in [0.1, 0.15) is 11.6 Å². The normalized spacial score (nSPS) is 10.3. The Morgan fingerprint density at radius 3 is 2.47 bits per heavy atom. The van der Waals surface area contributed by atoms with E-state index in [2.05, 4.69) is 17.9 Å². The number of hydrogen-bond acceptors (Lipinski definition) is 2. The van der Waals surface area contributed by atoms with Crippen molar-refractivity contribution < 1.29 is 13.6 Å². The summed E-state index contributed by atoms with van der Waals surface area (Å²) in [7, 11) is 0. The molecule has 1 N–H and O–H groups in total. The summed E-state index contributed by atoms with van der Waals surface area (Å²) in [6, 6.07) is 7.65. The SMILES string of the molecule is O=C(Nc1ccc(Cl)c(F)c1)c1ccc(F)c(S)c1. The van der Waals surface area contributed by atoms with Crippen LogP contribution in [0.15, 0.2) is 41.3 Å². The number of carbonyl (C=O) groups is 1. The lowest BCUT2D eigenvalue weighted by atomic mass is 10.2. The smallest absolute Gasteiger partial charge is 0.255 e. The molecule has 98 valence electrons. The number of hydrogen-bond donors (Lipinski definition) is 2. The Bertz CT molecular complexity index is 649. The molecule has 6 heteroatoms. The zero-order valence-corrected chi connectivity index (χ0v) is 11.1. The summed E-state index contributed by atoms with van der Waals surface area (Å²) in [5.41, 5.74) is 0.485. The van der Waals surface area contributed by atoms with Crippen molar-refractivity contribution in [3.05, 3.63) is 58.6 Å². The molecule has 2 aromatic rings. The lowest BCUT2D eigenvalue weighted by Crippen LogP contribution is -2.12. The average Bonchev–Trinajstić information content (AvgIpc) is 2.37. The second-order valence-electron chi connectivity index (χ2n) is 3.75. The predicted molar refractivity (Wildman–Crippen MR) is 73.0 cm³/mol. The van der Waals surface area contributed by atoms with Gasteiger partial charge in [-0.05, 0) is 36.4 Å². The molecule has 0 atom stereocenters. The summed E-state index contributed by atoms with van der Waals surface area (Å²) in [5.74, 6) is -1.64. The van der Waals surface area contributed by atoms with Crippen LogP contribution >= 0.6 is 24.2 Å². The van der Waals surface area contributed by atoms with Crippen LogP contribution in [0.2, 0.25) is 5.02 Å². The minimum atomic E-state index is -0.631. The number of rotatable bonds is 2. The molecule has 0 aromatic heterocycles. The number of thiol groups is 1. The van der Waals surface area contributed by atoms with E-state index in [1.807, 2.05) is 0 Å². The van der Waals surface area contributed by atoms with E-state index >= 15 is 0 Å². The van der Waals surface area contributed by atoms with Gasteiger partial charge in [0.25, 0.3) is 5.91 Å². The first-order valence-electron chi connectivity index (χ1n) is 5.22. The fraction of sp³-hybridized carbons (Fsp3) is 0. The van der Waals surface area contributed by atoms with Crippen LogP contribution in [0.3, 0.4) is 0 Å². The van der Waals surface area contributed by atoms with Crippen molar-refractivity contribution in [1.82, 2.24) is 0 Å². The van der Waals surface area contributed by atoms with Crippen LogP contribution in [0, 0.1) is 11.6 Å². The third-order valence-electron chi connectivity index (χ3n) is 2.39. The van der Waals surface area contributed by atoms with Crippen LogP contribution in [0.5, 0.6) is 0 Å². The largest absolute Gasteiger partial charge is 0.322 e. The molecular weight excluding hydrogens is 292 g/mol. The van der Waals surface area contributed by atoms with Gasteiger partial charge in [0.15, 0.2) is 0 Å². The Kier molecular flexibility index (Phi) is 4.07. The molecule has 0 spiro atoms. The minimum absolute atomic E-state index is 0.0302. The number of amides is 1. The average molecular weight is 300 g/mol. The molecule has 0 unspecified atom stereocenters. The first-order chi connectivity index (χ1) is 8.97. The summed E-state index contributed by atoms with van der Waals surface area (Å²) in [5, 5.41) is 2.45. The van der Waals surface area contributed by atoms with Crippen LogP contribution in [0.4, 0.5) is 14.5 Å². The van der Waals surface area contributed by atoms with Crippen LogP contribution in [0.1, 0.15) is 10.4 Å². The monoisotopic (exact) mass is 299 g/mol. The standard InChI is InChI=1S/C13H8ClF2NOS/c14-9-3-2-8(6-11(9)16)17-13(18)7-1-4-10(15)12(19)5-7/h1-6,19H,(H,17,18). The van der Waals surface area contributed by atoms with Gasteiger partial charge in [-0.2, -0.15) is 0 Å². The number of nitrogens with one attached hydrogen (secondary N) is 1. The molecule has 2 rings (SSSR count). The van der Waals surface area contributed by atoms with Crippen molar-refractivity contribution in [3.63, 3.8) is 0 Å². The Morgan fingerprint density at radius 2 is 1.84 bits per heavy atom. The zero-order chi connectivity index (χ0) is 14.0. The van der Waals surface area contributed by atoms with Gasteiger partial charge < -0.3 is 5.32 Å². The number of benzene rings is 2. The van der Waals surface area contributed by atoms with Crippen LogP contribution in [-0.4, -0.2) is 5.91 Å². The van der Waals surface area contributed by atoms with E-state index in [1.54, 1.807) is 0 Å². The summed E-state index contributed by atoms with van der Waals surface area (Å²) in [6.07, 6.45) is 0. The second-order valence-corrected chi connectivity index (χ2v) is 4.64. The molecule has 0 aliphatic rings. The molecule has 0 saturated carbocycles. The van der Waals surface area contributed by atoms with E-state index in [-0.39, 0.29) is 21.2 Å². The molecule has 0 bridgehead atoms. The topological polar surface area (TPSA) is 29.1 Å². The van der Waals surface area contributed by atoms with Crippen molar-refractivity contribution in [2.45, 2.75) is 4.90 Å². The van der Waals surface area contributed by atoms with Crippen molar-refractivity contribution in [2.24, 2.45) is 0 Å². The fourth-order valence-corrected chi connectivity index (χ4v) is 1.76. The summed E-state index contributed by atoms with van der Waals surface area (Å²) in [6.45, 7) is 0. The highest BCUT2D eigenvalue weighted by atomic mass is 35.5. The van der Waals surface area contributed by atoms with E-state index in [0.29, 0.717) is 0 Å². The highest BCUT2D eigenvalue weighted by molar-refractivity contribution is 7.80. The number of halogens is 3. The summed E-state index contributed by atoms with van der Waals surface area (Å²) >= 11 is 9.42. The summed E-state index contributed by atoms with van der Waals surface area (Å²) in [4.78, 5) is 11.9. The Morgan fingerprint density at radius 1 is 1.11 bits per heavy atom. The first-order valence-corrected chi connectivity index (χ1v) is 6.05. The molecule has 0 radical (unpaired) electrons. The Labute approximate surface area is 118 Å². The van der Waals surface area contributed by atoms with Crippen LogP contribution in [-0.2, 0) is 0 Å². The number of carbonyl (C=O) groups excluding carboxylic acids is 1. The van der Waals surface area contributed by atoms with Gasteiger partial charge in [-0.15, -0.1) is 12.6 Å². The Balaban J connectivity index is 2.20. The van der Waals surface area contributed by atoms with E-state index < -0.39 is 17.5 Å².